The number of hydrogen-bond donors (Lipinski definition) is 2. The summed E-state index contributed by atoms with van der Waals surface area (Å²) >= 11 is 0. The van der Waals surface area contributed by atoms with Gasteiger partial charge < -0.3 is 24.1 Å². The first-order valence-corrected chi connectivity index (χ1v) is 8.57. The molecule has 0 bridgehead atoms. The SMILES string of the molecule is COc1cc2c(cc1CNC(=O)c1cc(-c3cccn3C)n[nH]1)OCCO2. The molecule has 1 aromatic carbocycles. The van der Waals surface area contributed by atoms with E-state index in [1.165, 1.54) is 0 Å². The summed E-state index contributed by atoms with van der Waals surface area (Å²) < 4.78 is 18.5. The van der Waals surface area contributed by atoms with Crippen molar-refractivity contribution in [2.45, 2.75) is 6.54 Å². The lowest BCUT2D eigenvalue weighted by molar-refractivity contribution is 0.0945. The molecule has 2 N–H and O–H groups in total. The summed E-state index contributed by atoms with van der Waals surface area (Å²) in [5.74, 6) is 1.68. The van der Waals surface area contributed by atoms with Crippen LogP contribution in [0.1, 0.15) is 16.1 Å². The second kappa shape index (κ2) is 7.06. The van der Waals surface area contributed by atoms with Crippen molar-refractivity contribution >= 4 is 5.91 Å². The maximum absolute atomic E-state index is 12.5. The molecule has 27 heavy (non-hydrogen) atoms. The molecule has 1 aliphatic rings. The van der Waals surface area contributed by atoms with E-state index < -0.39 is 0 Å². The van der Waals surface area contributed by atoms with Crippen LogP contribution < -0.4 is 19.5 Å². The first-order valence-electron chi connectivity index (χ1n) is 8.57. The molecule has 0 saturated heterocycles. The van der Waals surface area contributed by atoms with Crippen molar-refractivity contribution < 1.29 is 19.0 Å². The molecule has 0 saturated carbocycles. The number of rotatable bonds is 5. The molecule has 8 nitrogen and oxygen atoms in total. The Morgan fingerprint density at radius 2 is 2.07 bits per heavy atom. The van der Waals surface area contributed by atoms with Gasteiger partial charge in [-0.05, 0) is 24.3 Å². The third-order valence-electron chi connectivity index (χ3n) is 4.41. The van der Waals surface area contributed by atoms with Gasteiger partial charge in [0.2, 0.25) is 0 Å². The van der Waals surface area contributed by atoms with E-state index in [0.717, 1.165) is 11.3 Å². The van der Waals surface area contributed by atoms with Gasteiger partial charge in [0, 0.05) is 31.4 Å². The van der Waals surface area contributed by atoms with Crippen molar-refractivity contribution in [3.05, 3.63) is 47.8 Å². The molecule has 140 valence electrons. The highest BCUT2D eigenvalue weighted by Crippen LogP contribution is 2.36. The molecule has 0 fully saturated rings. The number of ether oxygens (including phenoxy) is 3. The van der Waals surface area contributed by atoms with Crippen LogP contribution in [-0.4, -0.2) is 41.0 Å². The number of nitrogens with zero attached hydrogens (tertiary/aromatic N) is 2. The van der Waals surface area contributed by atoms with Crippen molar-refractivity contribution in [2.75, 3.05) is 20.3 Å². The Balaban J connectivity index is 1.48. The largest absolute Gasteiger partial charge is 0.496 e. The Hall–Kier alpha value is -3.42. The molecule has 4 rings (SSSR count). The third-order valence-corrected chi connectivity index (χ3v) is 4.41. The van der Waals surface area contributed by atoms with Gasteiger partial charge in [-0.1, -0.05) is 0 Å². The lowest BCUT2D eigenvalue weighted by Gasteiger charge is -2.20. The van der Waals surface area contributed by atoms with Gasteiger partial charge in [0.15, 0.2) is 11.5 Å². The van der Waals surface area contributed by atoms with Gasteiger partial charge >= 0.3 is 0 Å². The number of fused-ring (bicyclic) bond motifs is 1. The van der Waals surface area contributed by atoms with Gasteiger partial charge in [-0.15, -0.1) is 0 Å². The van der Waals surface area contributed by atoms with E-state index in [1.54, 1.807) is 19.2 Å². The predicted octanol–water partition coefficient (Wildman–Crippen LogP) is 2.12. The average molecular weight is 368 g/mol. The molecule has 0 atom stereocenters. The van der Waals surface area contributed by atoms with E-state index in [2.05, 4.69) is 15.5 Å². The number of H-pyrrole nitrogens is 1. The lowest BCUT2D eigenvalue weighted by Crippen LogP contribution is -2.24. The van der Waals surface area contributed by atoms with Gasteiger partial charge in [0.1, 0.15) is 30.4 Å². The molecule has 3 heterocycles. The number of aromatic amines is 1. The van der Waals surface area contributed by atoms with E-state index >= 15 is 0 Å². The number of nitrogens with one attached hydrogen (secondary N) is 2. The molecule has 1 aliphatic heterocycles. The average Bonchev–Trinajstić information content (AvgIpc) is 3.34. The number of benzene rings is 1. The van der Waals surface area contributed by atoms with Crippen molar-refractivity contribution in [1.29, 1.82) is 0 Å². The smallest absolute Gasteiger partial charge is 0.269 e. The van der Waals surface area contributed by atoms with Gasteiger partial charge in [-0.2, -0.15) is 5.10 Å². The Kier molecular flexibility index (Phi) is 4.45. The van der Waals surface area contributed by atoms with Crippen LogP contribution >= 0.6 is 0 Å². The minimum absolute atomic E-state index is 0.250. The van der Waals surface area contributed by atoms with Crippen molar-refractivity contribution in [2.24, 2.45) is 7.05 Å². The van der Waals surface area contributed by atoms with Crippen LogP contribution in [0.25, 0.3) is 11.4 Å². The fourth-order valence-corrected chi connectivity index (χ4v) is 3.01. The number of aryl methyl sites for hydroxylation is 1. The number of hydrogen-bond acceptors (Lipinski definition) is 5. The van der Waals surface area contributed by atoms with Crippen LogP contribution in [0.15, 0.2) is 36.5 Å². The van der Waals surface area contributed by atoms with E-state index in [9.17, 15) is 4.79 Å². The summed E-state index contributed by atoms with van der Waals surface area (Å²) in [5.41, 5.74) is 2.84. The highest BCUT2D eigenvalue weighted by molar-refractivity contribution is 5.93. The second-order valence-corrected chi connectivity index (χ2v) is 6.16. The zero-order valence-electron chi connectivity index (χ0n) is 15.1. The van der Waals surface area contributed by atoms with Crippen LogP contribution in [0, 0.1) is 0 Å². The number of carbonyl (C=O) groups is 1. The molecule has 0 radical (unpaired) electrons. The fraction of sp³-hybridized carbons (Fsp3) is 0.263. The maximum Gasteiger partial charge on any atom is 0.269 e. The Bertz CT molecular complexity index is 976. The molecule has 3 aromatic rings. The summed E-state index contributed by atoms with van der Waals surface area (Å²) in [5, 5.41) is 9.88. The van der Waals surface area contributed by atoms with E-state index in [4.69, 9.17) is 14.2 Å². The zero-order chi connectivity index (χ0) is 18.8. The van der Waals surface area contributed by atoms with Crippen LogP contribution in [-0.2, 0) is 13.6 Å². The van der Waals surface area contributed by atoms with Crippen molar-refractivity contribution in [3.63, 3.8) is 0 Å². The topological polar surface area (TPSA) is 90.4 Å². The first-order chi connectivity index (χ1) is 13.2. The standard InChI is InChI=1S/C19H20N4O4/c1-23-5-3-4-15(23)13-9-14(22-21-13)19(24)20-11-12-8-17-18(10-16(12)25-2)27-7-6-26-17/h3-5,8-10H,6-7,11H2,1-2H3,(H,20,24)(H,21,22). The predicted molar refractivity (Wildman–Crippen MR) is 98.1 cm³/mol. The minimum Gasteiger partial charge on any atom is -0.496 e. The van der Waals surface area contributed by atoms with Crippen molar-refractivity contribution in [3.8, 4) is 28.6 Å². The molecule has 0 aliphatic carbocycles. The van der Waals surface area contributed by atoms with Crippen LogP contribution in [0.5, 0.6) is 17.2 Å². The number of methoxy groups -OCH3 is 1. The monoisotopic (exact) mass is 368 g/mol. The maximum atomic E-state index is 12.5. The van der Waals surface area contributed by atoms with Gasteiger partial charge in [0.05, 0.1) is 12.8 Å². The Morgan fingerprint density at radius 1 is 1.30 bits per heavy atom. The van der Waals surface area contributed by atoms with Crippen LogP contribution in [0.2, 0.25) is 0 Å². The highest BCUT2D eigenvalue weighted by atomic mass is 16.6. The second-order valence-electron chi connectivity index (χ2n) is 6.16. The summed E-state index contributed by atoms with van der Waals surface area (Å²) in [6.45, 7) is 1.30. The summed E-state index contributed by atoms with van der Waals surface area (Å²) in [7, 11) is 3.51. The summed E-state index contributed by atoms with van der Waals surface area (Å²) in [6, 6.07) is 9.21. The van der Waals surface area contributed by atoms with Crippen LogP contribution in [0.4, 0.5) is 0 Å². The Morgan fingerprint density at radius 3 is 2.78 bits per heavy atom. The van der Waals surface area contributed by atoms with E-state index in [1.807, 2.05) is 36.0 Å². The molecular formula is C19H20N4O4. The number of amides is 1. The molecule has 0 unspecified atom stereocenters. The molecule has 0 spiro atoms. The van der Waals surface area contributed by atoms with Gasteiger partial charge in [-0.3, -0.25) is 9.89 Å². The highest BCUT2D eigenvalue weighted by Gasteiger charge is 2.18. The summed E-state index contributed by atoms with van der Waals surface area (Å²) in [6.07, 6.45) is 1.93. The normalized spacial score (nSPS) is 12.7. The van der Waals surface area contributed by atoms with Gasteiger partial charge in [-0.25, -0.2) is 0 Å². The van der Waals surface area contributed by atoms with Crippen LogP contribution in [0.3, 0.4) is 0 Å². The Labute approximate surface area is 156 Å². The lowest BCUT2D eigenvalue weighted by atomic mass is 10.1. The van der Waals surface area contributed by atoms with E-state index in [0.29, 0.717) is 41.9 Å². The van der Waals surface area contributed by atoms with Crippen molar-refractivity contribution in [1.82, 2.24) is 20.1 Å². The zero-order valence-corrected chi connectivity index (χ0v) is 15.1. The first kappa shape index (κ1) is 17.0. The third kappa shape index (κ3) is 3.33. The van der Waals surface area contributed by atoms with Gasteiger partial charge in [0.25, 0.3) is 5.91 Å². The fourth-order valence-electron chi connectivity index (χ4n) is 3.01. The molecular weight excluding hydrogens is 348 g/mol. The number of carbonyl (C=O) groups excluding carboxylic acids is 1. The molecule has 8 heteroatoms. The molecule has 1 amide bonds. The minimum atomic E-state index is -0.250. The quantitative estimate of drug-likeness (QED) is 0.720. The number of aromatic nitrogens is 3. The summed E-state index contributed by atoms with van der Waals surface area (Å²) in [4.78, 5) is 12.5. The van der Waals surface area contributed by atoms with E-state index in [-0.39, 0.29) is 12.5 Å². The molecule has 2 aromatic heterocycles.